The molecule has 0 aromatic carbocycles. The van der Waals surface area contributed by atoms with Crippen molar-refractivity contribution in [2.24, 2.45) is 11.7 Å². The van der Waals surface area contributed by atoms with E-state index in [1.54, 1.807) is 0 Å². The number of morpholine rings is 1. The summed E-state index contributed by atoms with van der Waals surface area (Å²) in [6.45, 7) is 1.63. The maximum atomic E-state index is 12.4. The third-order valence-electron chi connectivity index (χ3n) is 4.48. The molecule has 4 nitrogen and oxygen atoms in total. The van der Waals surface area contributed by atoms with Crippen LogP contribution < -0.4 is 5.73 Å². The van der Waals surface area contributed by atoms with Crippen molar-refractivity contribution in [2.75, 3.05) is 13.1 Å². The van der Waals surface area contributed by atoms with Gasteiger partial charge in [0.25, 0.3) is 0 Å². The molecule has 0 spiro atoms. The SMILES string of the molecule is NC1CCC(C(=O)N2CC3CCC(C2)O3)CC1. The first kappa shape index (κ1) is 11.5. The van der Waals surface area contributed by atoms with Gasteiger partial charge >= 0.3 is 0 Å². The van der Waals surface area contributed by atoms with Crippen LogP contribution in [0, 0.1) is 5.92 Å². The van der Waals surface area contributed by atoms with Gasteiger partial charge in [0.2, 0.25) is 5.91 Å². The average molecular weight is 238 g/mol. The van der Waals surface area contributed by atoms with Gasteiger partial charge < -0.3 is 15.4 Å². The Hall–Kier alpha value is -0.610. The summed E-state index contributed by atoms with van der Waals surface area (Å²) in [6.07, 6.45) is 6.85. The molecule has 2 saturated heterocycles. The lowest BCUT2D eigenvalue weighted by Gasteiger charge is -2.36. The van der Waals surface area contributed by atoms with E-state index in [1.165, 1.54) is 0 Å². The monoisotopic (exact) mass is 238 g/mol. The van der Waals surface area contributed by atoms with E-state index in [-0.39, 0.29) is 5.92 Å². The molecule has 1 saturated carbocycles. The molecular weight excluding hydrogens is 216 g/mol. The number of nitrogens with two attached hydrogens (primary N) is 1. The number of fused-ring (bicyclic) bond motifs is 2. The van der Waals surface area contributed by atoms with Crippen molar-refractivity contribution in [1.29, 1.82) is 0 Å². The molecule has 3 rings (SSSR count). The number of carbonyl (C=O) groups excluding carboxylic acids is 1. The summed E-state index contributed by atoms with van der Waals surface area (Å²) in [4.78, 5) is 14.5. The van der Waals surface area contributed by atoms with Gasteiger partial charge in [-0.3, -0.25) is 4.79 Å². The van der Waals surface area contributed by atoms with E-state index in [0.717, 1.165) is 51.6 Å². The summed E-state index contributed by atoms with van der Waals surface area (Å²) in [5.74, 6) is 0.587. The molecule has 2 unspecified atom stereocenters. The molecule has 0 aromatic heterocycles. The maximum Gasteiger partial charge on any atom is 0.225 e. The molecule has 2 aliphatic heterocycles. The van der Waals surface area contributed by atoms with Crippen LogP contribution in [0.25, 0.3) is 0 Å². The Kier molecular flexibility index (Phi) is 3.09. The van der Waals surface area contributed by atoms with Crippen molar-refractivity contribution in [2.45, 2.75) is 56.8 Å². The molecule has 2 N–H and O–H groups in total. The van der Waals surface area contributed by atoms with E-state index in [9.17, 15) is 4.79 Å². The maximum absolute atomic E-state index is 12.4. The molecule has 1 aliphatic carbocycles. The first-order chi connectivity index (χ1) is 8.22. The zero-order valence-corrected chi connectivity index (χ0v) is 10.3. The summed E-state index contributed by atoms with van der Waals surface area (Å²) in [5.41, 5.74) is 5.88. The van der Waals surface area contributed by atoms with Crippen LogP contribution in [0.5, 0.6) is 0 Å². The van der Waals surface area contributed by atoms with Gasteiger partial charge in [0.05, 0.1) is 12.2 Å². The zero-order valence-electron chi connectivity index (χ0n) is 10.3. The zero-order chi connectivity index (χ0) is 11.8. The highest BCUT2D eigenvalue weighted by Crippen LogP contribution is 2.30. The Morgan fingerprint density at radius 3 is 2.18 bits per heavy atom. The van der Waals surface area contributed by atoms with Gasteiger partial charge in [-0.2, -0.15) is 0 Å². The Balaban J connectivity index is 1.59. The van der Waals surface area contributed by atoms with E-state index in [0.29, 0.717) is 24.2 Å². The molecule has 4 heteroatoms. The van der Waals surface area contributed by atoms with E-state index >= 15 is 0 Å². The van der Waals surface area contributed by atoms with Crippen LogP contribution in [0.3, 0.4) is 0 Å². The van der Waals surface area contributed by atoms with Crippen molar-refractivity contribution < 1.29 is 9.53 Å². The minimum atomic E-state index is 0.229. The van der Waals surface area contributed by atoms with E-state index < -0.39 is 0 Å². The van der Waals surface area contributed by atoms with Gasteiger partial charge in [-0.05, 0) is 38.5 Å². The Morgan fingerprint density at radius 1 is 1.00 bits per heavy atom. The standard InChI is InChI=1S/C13H22N2O2/c14-10-3-1-9(2-4-10)13(16)15-7-11-5-6-12(8-15)17-11/h9-12H,1-8,14H2. The second-order valence-electron chi connectivity index (χ2n) is 5.81. The van der Waals surface area contributed by atoms with E-state index in [1.807, 2.05) is 4.90 Å². The molecule has 0 radical (unpaired) electrons. The fourth-order valence-electron chi connectivity index (χ4n) is 3.42. The minimum absolute atomic E-state index is 0.229. The number of rotatable bonds is 1. The Bertz CT molecular complexity index is 288. The molecule has 2 bridgehead atoms. The third-order valence-corrected chi connectivity index (χ3v) is 4.48. The molecule has 3 fully saturated rings. The number of carbonyl (C=O) groups is 1. The largest absolute Gasteiger partial charge is 0.371 e. The number of hydrogen-bond acceptors (Lipinski definition) is 3. The van der Waals surface area contributed by atoms with Gasteiger partial charge in [-0.1, -0.05) is 0 Å². The quantitative estimate of drug-likeness (QED) is 0.738. The lowest BCUT2D eigenvalue weighted by Crippen LogP contribution is -2.48. The third kappa shape index (κ3) is 2.33. The molecule has 96 valence electrons. The van der Waals surface area contributed by atoms with Gasteiger partial charge in [0.15, 0.2) is 0 Å². The summed E-state index contributed by atoms with van der Waals surface area (Å²) in [7, 11) is 0. The van der Waals surface area contributed by atoms with Crippen molar-refractivity contribution in [3.8, 4) is 0 Å². The summed E-state index contributed by atoms with van der Waals surface area (Å²) in [6, 6.07) is 0.319. The Labute approximate surface area is 102 Å². The Morgan fingerprint density at radius 2 is 1.59 bits per heavy atom. The highest BCUT2D eigenvalue weighted by Gasteiger charge is 2.38. The smallest absolute Gasteiger partial charge is 0.225 e. The van der Waals surface area contributed by atoms with Gasteiger partial charge in [-0.25, -0.2) is 0 Å². The van der Waals surface area contributed by atoms with Gasteiger partial charge in [0.1, 0.15) is 0 Å². The lowest BCUT2D eigenvalue weighted by molar-refractivity contribution is -0.145. The van der Waals surface area contributed by atoms with Gasteiger partial charge in [-0.15, -0.1) is 0 Å². The molecule has 2 heterocycles. The molecule has 1 amide bonds. The van der Waals surface area contributed by atoms with Crippen molar-refractivity contribution in [1.82, 2.24) is 4.90 Å². The van der Waals surface area contributed by atoms with Crippen molar-refractivity contribution in [3.05, 3.63) is 0 Å². The topological polar surface area (TPSA) is 55.6 Å². The molecule has 3 aliphatic rings. The highest BCUT2D eigenvalue weighted by molar-refractivity contribution is 5.79. The first-order valence-corrected chi connectivity index (χ1v) is 6.92. The van der Waals surface area contributed by atoms with Crippen LogP contribution in [0.2, 0.25) is 0 Å². The van der Waals surface area contributed by atoms with Crippen LogP contribution in [0.4, 0.5) is 0 Å². The molecule has 17 heavy (non-hydrogen) atoms. The van der Waals surface area contributed by atoms with Crippen LogP contribution in [-0.4, -0.2) is 42.1 Å². The van der Waals surface area contributed by atoms with Crippen LogP contribution in [-0.2, 0) is 9.53 Å². The number of nitrogens with zero attached hydrogens (tertiary/aromatic N) is 1. The van der Waals surface area contributed by atoms with Crippen molar-refractivity contribution in [3.63, 3.8) is 0 Å². The second kappa shape index (κ2) is 4.58. The molecule has 0 aromatic rings. The molecule has 2 atom stereocenters. The van der Waals surface area contributed by atoms with Crippen molar-refractivity contribution >= 4 is 5.91 Å². The number of likely N-dealkylation sites (tertiary alicyclic amines) is 1. The first-order valence-electron chi connectivity index (χ1n) is 6.92. The predicted molar refractivity (Wildman–Crippen MR) is 64.4 cm³/mol. The summed E-state index contributed by atoms with van der Waals surface area (Å²) < 4.78 is 5.77. The number of amides is 1. The van der Waals surface area contributed by atoms with E-state index in [2.05, 4.69) is 0 Å². The summed E-state index contributed by atoms with van der Waals surface area (Å²) >= 11 is 0. The normalized spacial score (nSPS) is 41.6. The molecular formula is C13H22N2O2. The fourth-order valence-corrected chi connectivity index (χ4v) is 3.42. The lowest BCUT2D eigenvalue weighted by atomic mass is 9.85. The second-order valence-corrected chi connectivity index (χ2v) is 5.81. The number of hydrogen-bond donors (Lipinski definition) is 1. The van der Waals surface area contributed by atoms with Crippen LogP contribution in [0.15, 0.2) is 0 Å². The van der Waals surface area contributed by atoms with Crippen LogP contribution in [0.1, 0.15) is 38.5 Å². The summed E-state index contributed by atoms with van der Waals surface area (Å²) in [5, 5.41) is 0. The van der Waals surface area contributed by atoms with E-state index in [4.69, 9.17) is 10.5 Å². The average Bonchev–Trinajstić information content (AvgIpc) is 2.68. The highest BCUT2D eigenvalue weighted by atomic mass is 16.5. The van der Waals surface area contributed by atoms with Crippen LogP contribution >= 0.6 is 0 Å². The minimum Gasteiger partial charge on any atom is -0.371 e. The fraction of sp³-hybridized carbons (Fsp3) is 0.923. The number of ether oxygens (including phenoxy) is 1. The van der Waals surface area contributed by atoms with Gasteiger partial charge in [0, 0.05) is 25.0 Å². The predicted octanol–water partition coefficient (Wildman–Crippen LogP) is 0.894.